The maximum atomic E-state index is 13.2. The molecule has 1 saturated heterocycles. The monoisotopic (exact) mass is 1810 g/mol. The van der Waals surface area contributed by atoms with E-state index < -0.39 is 72.6 Å². The van der Waals surface area contributed by atoms with Gasteiger partial charge in [-0.25, -0.2) is 4.79 Å². The standard InChI is InChI=1S/C87H147N3O36/c1-85-13-9-71(65-70(85)4-5-74-73(85)10-14-86(2)72(11-15-87(74,86)99)69-3-8-80(96)124-68-69)125-84-81(83(98)82(97)75(67-91)126-84)89-76(92)12-17-100-19-21-102-23-25-104-27-29-106-31-33-108-35-37-110-39-41-112-43-45-114-47-49-116-51-53-118-55-57-120-59-61-122-63-64-123-62-60-121-58-56-119-54-52-117-50-48-115-46-44-113-42-40-111-38-36-109-34-32-107-30-28-105-26-24-103-22-20-101-18-16-88-77(93)66-90-78(94)6-7-79(90)95/h3,6-8,65,68,71-75,81-84,91,97-99H,4-5,9-64,66-67H2,1-2H3,(H,88,93)(H,89,92)/t71-,72+,73?,74?,75?,81?,82+,83+,84+,85-,86+,87-/m0/s1. The van der Waals surface area contributed by atoms with Crippen LogP contribution in [0.2, 0.25) is 0 Å². The summed E-state index contributed by atoms with van der Waals surface area (Å²) in [6.45, 7) is 24.2. The molecule has 39 nitrogen and oxygen atoms in total. The Labute approximate surface area is 741 Å². The van der Waals surface area contributed by atoms with Crippen LogP contribution in [0.15, 0.2) is 51.4 Å². The van der Waals surface area contributed by atoms with E-state index in [9.17, 15) is 44.4 Å². The van der Waals surface area contributed by atoms with Gasteiger partial charge in [0.05, 0.1) is 342 Å². The summed E-state index contributed by atoms with van der Waals surface area (Å²) >= 11 is 0. The van der Waals surface area contributed by atoms with Crippen molar-refractivity contribution < 1.29 is 167 Å². The van der Waals surface area contributed by atoms with Crippen molar-refractivity contribution in [1.29, 1.82) is 0 Å². The van der Waals surface area contributed by atoms with Crippen LogP contribution in [0.4, 0.5) is 0 Å². The van der Waals surface area contributed by atoms with Crippen molar-refractivity contribution >= 4 is 23.6 Å². The first kappa shape index (κ1) is 108. The second kappa shape index (κ2) is 67.5. The molecule has 0 bridgehead atoms. The molecule has 4 amide bonds. The molecule has 7 rings (SSSR count). The quantitative estimate of drug-likeness (QED) is 0.0300. The molecule has 2 aliphatic heterocycles. The predicted molar refractivity (Wildman–Crippen MR) is 449 cm³/mol. The minimum atomic E-state index is -1.47. The number of amides is 4. The number of rotatable bonds is 82. The van der Waals surface area contributed by atoms with Crippen LogP contribution in [-0.2, 0) is 142 Å². The van der Waals surface area contributed by atoms with E-state index in [2.05, 4.69) is 30.6 Å². The molecule has 4 fully saturated rings. The van der Waals surface area contributed by atoms with Gasteiger partial charge in [0.2, 0.25) is 11.8 Å². The molecule has 4 unspecified atom stereocenters. The summed E-state index contributed by atoms with van der Waals surface area (Å²) in [5.41, 5.74) is 0.517. The van der Waals surface area contributed by atoms with Gasteiger partial charge in [-0.05, 0) is 86.2 Å². The number of allylic oxidation sites excluding steroid dienone is 1. The molecule has 3 saturated carbocycles. The molecule has 4 aliphatic carbocycles. The molecule has 126 heavy (non-hydrogen) atoms. The molecule has 12 atom stereocenters. The summed E-state index contributed by atoms with van der Waals surface area (Å²) in [4.78, 5) is 60.7. The summed E-state index contributed by atoms with van der Waals surface area (Å²) in [7, 11) is 0. The van der Waals surface area contributed by atoms with Gasteiger partial charge in [0, 0.05) is 36.6 Å². The van der Waals surface area contributed by atoms with Crippen molar-refractivity contribution in [2.24, 2.45) is 22.7 Å². The first-order valence-electron chi connectivity index (χ1n) is 44.9. The Morgan fingerprint density at radius 2 is 0.786 bits per heavy atom. The van der Waals surface area contributed by atoms with Gasteiger partial charge in [-0.15, -0.1) is 0 Å². The number of nitrogens with one attached hydrogen (secondary N) is 2. The van der Waals surface area contributed by atoms with E-state index in [1.165, 1.54) is 11.6 Å². The number of aliphatic hydroxyl groups is 4. The lowest BCUT2D eigenvalue weighted by molar-refractivity contribution is -0.279. The smallest absolute Gasteiger partial charge is 0.335 e. The number of hydrogen-bond donors (Lipinski definition) is 6. The summed E-state index contributed by atoms with van der Waals surface area (Å²) in [6.07, 6.45) is 6.81. The Morgan fingerprint density at radius 3 is 1.13 bits per heavy atom. The molecular formula is C87H147N3O36. The van der Waals surface area contributed by atoms with Crippen LogP contribution in [-0.4, -0.2) is 428 Å². The van der Waals surface area contributed by atoms with Gasteiger partial charge in [0.15, 0.2) is 6.29 Å². The molecule has 0 spiro atoms. The van der Waals surface area contributed by atoms with Gasteiger partial charge in [-0.2, -0.15) is 0 Å². The molecule has 0 aromatic carbocycles. The van der Waals surface area contributed by atoms with Crippen LogP contribution < -0.4 is 16.3 Å². The van der Waals surface area contributed by atoms with E-state index in [-0.39, 0.29) is 73.5 Å². The SMILES string of the molecule is C[C@]12CC[C@H](O[C@@H]3OC(CO)[C@@H](O)[C@H](O)C3NC(=O)CCOCCOCCOCCOCCOCCOCCOCCOCCOCCOCCOCCOCCOCCOCCOCCOCCOCCOCCOCCOCCOCCOCCOCCOCCNC(=O)CN3C(=O)C=CC3=O)C=C1CCC1C2CC[C@]2(C)[C@@H](c3ccc(=O)oc3)CC[C@]12O. The normalized spacial score (nSPS) is 24.0. The lowest BCUT2D eigenvalue weighted by Gasteiger charge is -2.62. The number of carbonyl (C=O) groups excluding carboxylic acids is 4. The lowest BCUT2D eigenvalue weighted by atomic mass is 9.45. The third-order valence-corrected chi connectivity index (χ3v) is 22.7. The van der Waals surface area contributed by atoms with Crippen molar-refractivity contribution in [3.05, 3.63) is 58.2 Å². The zero-order chi connectivity index (χ0) is 89.5. The van der Waals surface area contributed by atoms with E-state index >= 15 is 0 Å². The summed E-state index contributed by atoms with van der Waals surface area (Å²) in [6, 6.07) is 2.21. The lowest BCUT2D eigenvalue weighted by Crippen LogP contribution is -2.65. The Bertz CT molecular complexity index is 3070. The number of ether oxygens (including phenoxy) is 26. The highest BCUT2D eigenvalue weighted by molar-refractivity contribution is 6.14. The largest absolute Gasteiger partial charge is 0.431 e. The van der Waals surface area contributed by atoms with Gasteiger partial charge in [-0.1, -0.05) is 25.5 Å². The second-order valence-corrected chi connectivity index (χ2v) is 31.1. The predicted octanol–water partition coefficient (Wildman–Crippen LogP) is 0.940. The van der Waals surface area contributed by atoms with Crippen LogP contribution in [0.1, 0.15) is 83.1 Å². The number of carbonyl (C=O) groups is 4. The van der Waals surface area contributed by atoms with E-state index in [4.69, 9.17) is 128 Å². The van der Waals surface area contributed by atoms with Crippen LogP contribution in [0.3, 0.4) is 0 Å². The van der Waals surface area contributed by atoms with Crippen LogP contribution in [0.5, 0.6) is 0 Å². The van der Waals surface area contributed by atoms with Crippen molar-refractivity contribution in [3.8, 4) is 0 Å². The number of hydrogen-bond acceptors (Lipinski definition) is 36. The fourth-order valence-corrected chi connectivity index (χ4v) is 16.0. The average molecular weight is 1810 g/mol. The topological polar surface area (TPSA) is 447 Å². The Morgan fingerprint density at radius 1 is 0.429 bits per heavy atom. The number of aliphatic hydroxyl groups excluding tert-OH is 3. The number of imide groups is 1. The molecule has 6 aliphatic rings. The van der Waals surface area contributed by atoms with Crippen LogP contribution in [0, 0.1) is 22.7 Å². The fraction of sp³-hybridized carbons (Fsp3) is 0.851. The molecule has 1 aromatic heterocycles. The Hall–Kier alpha value is -4.69. The zero-order valence-electron chi connectivity index (χ0n) is 74.4. The highest BCUT2D eigenvalue weighted by Crippen LogP contribution is 2.70. The minimum absolute atomic E-state index is 0.0285. The van der Waals surface area contributed by atoms with Gasteiger partial charge in [0.1, 0.15) is 30.9 Å². The first-order valence-corrected chi connectivity index (χ1v) is 44.9. The molecule has 6 N–H and O–H groups in total. The molecule has 1 aromatic rings. The molecule has 39 heteroatoms. The van der Waals surface area contributed by atoms with Gasteiger partial charge in [-0.3, -0.25) is 24.1 Å². The highest BCUT2D eigenvalue weighted by Gasteiger charge is 2.67. The first-order chi connectivity index (χ1) is 61.7. The maximum absolute atomic E-state index is 13.2. The van der Waals surface area contributed by atoms with Crippen molar-refractivity contribution in [2.45, 2.75) is 120 Å². The van der Waals surface area contributed by atoms with E-state index in [1.54, 1.807) is 6.26 Å². The van der Waals surface area contributed by atoms with E-state index in [0.29, 0.717) is 310 Å². The third-order valence-electron chi connectivity index (χ3n) is 22.7. The number of nitrogens with zero attached hydrogens (tertiary/aromatic N) is 1. The van der Waals surface area contributed by atoms with E-state index in [0.717, 1.165) is 61.1 Å². The maximum Gasteiger partial charge on any atom is 0.335 e. The number of fused-ring (bicyclic) bond motifs is 5. The van der Waals surface area contributed by atoms with Gasteiger partial charge < -0.3 is 159 Å². The third kappa shape index (κ3) is 42.5. The van der Waals surface area contributed by atoms with Gasteiger partial charge in [0.25, 0.3) is 11.8 Å². The van der Waals surface area contributed by atoms with E-state index in [1.807, 2.05) is 6.07 Å². The molecule has 3 heterocycles. The fourth-order valence-electron chi connectivity index (χ4n) is 16.0. The zero-order valence-corrected chi connectivity index (χ0v) is 74.4. The van der Waals surface area contributed by atoms with Crippen molar-refractivity contribution in [3.63, 3.8) is 0 Å². The highest BCUT2D eigenvalue weighted by atomic mass is 16.7. The average Bonchev–Trinajstić information content (AvgIpc) is 1.47. The molecular weight excluding hydrogens is 1660 g/mol. The summed E-state index contributed by atoms with van der Waals surface area (Å²) < 4.78 is 151. The molecule has 726 valence electrons. The Balaban J connectivity index is 0.501. The molecule has 0 radical (unpaired) electrons. The van der Waals surface area contributed by atoms with Crippen LogP contribution in [0.25, 0.3) is 0 Å². The minimum Gasteiger partial charge on any atom is -0.431 e. The van der Waals surface area contributed by atoms with Crippen molar-refractivity contribution in [1.82, 2.24) is 15.5 Å². The van der Waals surface area contributed by atoms with Gasteiger partial charge >= 0.3 is 5.63 Å². The summed E-state index contributed by atoms with van der Waals surface area (Å²) in [5.74, 6) is -1.38. The van der Waals surface area contributed by atoms with Crippen molar-refractivity contribution in [2.75, 3.05) is 337 Å². The summed E-state index contributed by atoms with van der Waals surface area (Å²) in [5, 5.41) is 50.2. The van der Waals surface area contributed by atoms with Crippen LogP contribution >= 0.6 is 0 Å². The second-order valence-electron chi connectivity index (χ2n) is 31.1. The Kier molecular flexibility index (Phi) is 58.0.